The summed E-state index contributed by atoms with van der Waals surface area (Å²) in [5.41, 5.74) is 0.605. The van der Waals surface area contributed by atoms with Gasteiger partial charge in [-0.25, -0.2) is 0 Å². The Morgan fingerprint density at radius 2 is 1.68 bits per heavy atom. The smallest absolute Gasteiger partial charge is 0.00953 e. The highest BCUT2D eigenvalue weighted by Gasteiger charge is 2.30. The van der Waals surface area contributed by atoms with Crippen molar-refractivity contribution < 1.29 is 0 Å². The highest BCUT2D eigenvalue weighted by atomic mass is 14.9. The molecule has 0 aromatic carbocycles. The van der Waals surface area contributed by atoms with Gasteiger partial charge in [-0.15, -0.1) is 0 Å². The second kappa shape index (κ2) is 9.00. The monoisotopic (exact) mass is 267 g/mol. The van der Waals surface area contributed by atoms with Crippen LogP contribution in [0.15, 0.2) is 0 Å². The van der Waals surface area contributed by atoms with E-state index in [0.29, 0.717) is 5.41 Å². The van der Waals surface area contributed by atoms with Crippen LogP contribution in [-0.4, -0.2) is 12.6 Å². The van der Waals surface area contributed by atoms with Crippen molar-refractivity contribution in [2.24, 2.45) is 11.3 Å². The lowest BCUT2D eigenvalue weighted by Crippen LogP contribution is -2.39. The molecular formula is C18H37N. The molecule has 0 aromatic rings. The predicted molar refractivity (Wildman–Crippen MR) is 86.6 cm³/mol. The van der Waals surface area contributed by atoms with Gasteiger partial charge in [-0.1, -0.05) is 53.4 Å². The first-order chi connectivity index (χ1) is 9.09. The van der Waals surface area contributed by atoms with E-state index in [1.165, 1.54) is 70.8 Å². The van der Waals surface area contributed by atoms with Crippen LogP contribution in [0, 0.1) is 11.3 Å². The van der Waals surface area contributed by atoms with Gasteiger partial charge in [-0.2, -0.15) is 0 Å². The van der Waals surface area contributed by atoms with E-state index in [0.717, 1.165) is 12.0 Å². The normalized spacial score (nSPS) is 21.5. The summed E-state index contributed by atoms with van der Waals surface area (Å²) >= 11 is 0. The lowest BCUT2D eigenvalue weighted by molar-refractivity contribution is 0.156. The van der Waals surface area contributed by atoms with Crippen LogP contribution < -0.4 is 5.32 Å². The first kappa shape index (κ1) is 17.0. The molecule has 0 aliphatic heterocycles. The predicted octanol–water partition coefficient (Wildman–Crippen LogP) is 5.54. The van der Waals surface area contributed by atoms with Crippen molar-refractivity contribution in [2.75, 3.05) is 6.54 Å². The van der Waals surface area contributed by atoms with E-state index in [9.17, 15) is 0 Å². The van der Waals surface area contributed by atoms with Crippen LogP contribution in [0.25, 0.3) is 0 Å². The highest BCUT2D eigenvalue weighted by molar-refractivity contribution is 4.85. The maximum absolute atomic E-state index is 3.84. The third-order valence-corrected chi connectivity index (χ3v) is 4.98. The summed E-state index contributed by atoms with van der Waals surface area (Å²) in [4.78, 5) is 0. The summed E-state index contributed by atoms with van der Waals surface area (Å²) in [5.74, 6) is 0.946. The quantitative estimate of drug-likeness (QED) is 0.541. The maximum atomic E-state index is 3.84. The van der Waals surface area contributed by atoms with Crippen LogP contribution in [0.4, 0.5) is 0 Å². The molecule has 0 saturated heterocycles. The fourth-order valence-electron chi connectivity index (χ4n) is 3.45. The van der Waals surface area contributed by atoms with E-state index in [1.807, 2.05) is 0 Å². The Morgan fingerprint density at radius 1 is 1.00 bits per heavy atom. The average molecular weight is 268 g/mol. The molecular weight excluding hydrogens is 230 g/mol. The molecule has 0 heterocycles. The molecule has 1 rings (SSSR count). The number of rotatable bonds is 9. The molecule has 0 radical (unpaired) electrons. The SMILES string of the molecule is CCCCCCC(NCCC)C1CCC(C)(C)CC1. The van der Waals surface area contributed by atoms with Crippen molar-refractivity contribution in [2.45, 2.75) is 97.9 Å². The Morgan fingerprint density at radius 3 is 2.26 bits per heavy atom. The molecule has 1 N–H and O–H groups in total. The Kier molecular flexibility index (Phi) is 8.06. The van der Waals surface area contributed by atoms with E-state index >= 15 is 0 Å². The van der Waals surface area contributed by atoms with Crippen LogP contribution in [-0.2, 0) is 0 Å². The van der Waals surface area contributed by atoms with Gasteiger partial charge in [0.2, 0.25) is 0 Å². The summed E-state index contributed by atoms with van der Waals surface area (Å²) < 4.78 is 0. The third-order valence-electron chi connectivity index (χ3n) is 4.98. The van der Waals surface area contributed by atoms with Crippen molar-refractivity contribution >= 4 is 0 Å². The molecule has 1 atom stereocenters. The fraction of sp³-hybridized carbons (Fsp3) is 1.00. The lowest BCUT2D eigenvalue weighted by Gasteiger charge is -2.38. The number of nitrogens with one attached hydrogen (secondary N) is 1. The standard InChI is InChI=1S/C18H37N/c1-5-7-8-9-10-17(19-15-6-2)16-11-13-18(3,4)14-12-16/h16-17,19H,5-15H2,1-4H3. The Hall–Kier alpha value is -0.0400. The van der Waals surface area contributed by atoms with Crippen LogP contribution in [0.5, 0.6) is 0 Å². The van der Waals surface area contributed by atoms with Gasteiger partial charge in [0.1, 0.15) is 0 Å². The molecule has 0 spiro atoms. The summed E-state index contributed by atoms with van der Waals surface area (Å²) in [5, 5.41) is 3.84. The van der Waals surface area contributed by atoms with E-state index in [-0.39, 0.29) is 0 Å². The molecule has 1 nitrogen and oxygen atoms in total. The Bertz CT molecular complexity index is 212. The summed E-state index contributed by atoms with van der Waals surface area (Å²) in [7, 11) is 0. The Balaban J connectivity index is 2.35. The van der Waals surface area contributed by atoms with Crippen LogP contribution in [0.1, 0.15) is 91.9 Å². The molecule has 1 unspecified atom stereocenters. The van der Waals surface area contributed by atoms with E-state index in [4.69, 9.17) is 0 Å². The van der Waals surface area contributed by atoms with Crippen molar-refractivity contribution in [1.29, 1.82) is 0 Å². The molecule has 0 aromatic heterocycles. The molecule has 0 bridgehead atoms. The van der Waals surface area contributed by atoms with Crippen molar-refractivity contribution in [3.63, 3.8) is 0 Å². The van der Waals surface area contributed by atoms with Crippen molar-refractivity contribution in [1.82, 2.24) is 5.32 Å². The molecule has 1 aliphatic rings. The highest BCUT2D eigenvalue weighted by Crippen LogP contribution is 2.39. The van der Waals surface area contributed by atoms with Crippen LogP contribution in [0.3, 0.4) is 0 Å². The summed E-state index contributed by atoms with van der Waals surface area (Å²) in [6.07, 6.45) is 14.0. The summed E-state index contributed by atoms with van der Waals surface area (Å²) in [6, 6.07) is 0.799. The lowest BCUT2D eigenvalue weighted by atomic mass is 9.70. The van der Waals surface area contributed by atoms with Gasteiger partial charge >= 0.3 is 0 Å². The number of hydrogen-bond acceptors (Lipinski definition) is 1. The van der Waals surface area contributed by atoms with Gasteiger partial charge in [-0.3, -0.25) is 0 Å². The molecule has 1 heteroatoms. The zero-order chi connectivity index (χ0) is 14.1. The molecule has 0 amide bonds. The molecule has 114 valence electrons. The molecule has 1 aliphatic carbocycles. The second-order valence-corrected chi connectivity index (χ2v) is 7.41. The molecule has 19 heavy (non-hydrogen) atoms. The molecule has 1 saturated carbocycles. The number of unbranched alkanes of at least 4 members (excludes halogenated alkanes) is 3. The first-order valence-electron chi connectivity index (χ1n) is 8.82. The van der Waals surface area contributed by atoms with Gasteiger partial charge < -0.3 is 5.32 Å². The van der Waals surface area contributed by atoms with Gasteiger partial charge in [0.15, 0.2) is 0 Å². The zero-order valence-electron chi connectivity index (χ0n) is 13.9. The maximum Gasteiger partial charge on any atom is 0.00953 e. The minimum absolute atomic E-state index is 0.605. The Labute approximate surface area is 121 Å². The second-order valence-electron chi connectivity index (χ2n) is 7.41. The van der Waals surface area contributed by atoms with E-state index in [2.05, 4.69) is 33.0 Å². The van der Waals surface area contributed by atoms with Gasteiger partial charge in [0, 0.05) is 6.04 Å². The zero-order valence-corrected chi connectivity index (χ0v) is 13.9. The minimum atomic E-state index is 0.605. The number of hydrogen-bond donors (Lipinski definition) is 1. The van der Waals surface area contributed by atoms with Crippen LogP contribution in [0.2, 0.25) is 0 Å². The average Bonchev–Trinajstić information content (AvgIpc) is 2.39. The largest absolute Gasteiger partial charge is 0.314 e. The van der Waals surface area contributed by atoms with E-state index in [1.54, 1.807) is 0 Å². The van der Waals surface area contributed by atoms with Gasteiger partial charge in [0.05, 0.1) is 0 Å². The summed E-state index contributed by atoms with van der Waals surface area (Å²) in [6.45, 7) is 10.7. The van der Waals surface area contributed by atoms with Crippen LogP contribution >= 0.6 is 0 Å². The van der Waals surface area contributed by atoms with Crippen molar-refractivity contribution in [3.05, 3.63) is 0 Å². The third kappa shape index (κ3) is 6.79. The topological polar surface area (TPSA) is 12.0 Å². The minimum Gasteiger partial charge on any atom is -0.314 e. The van der Waals surface area contributed by atoms with Gasteiger partial charge in [0.25, 0.3) is 0 Å². The molecule has 1 fully saturated rings. The fourth-order valence-corrected chi connectivity index (χ4v) is 3.45. The van der Waals surface area contributed by atoms with E-state index < -0.39 is 0 Å². The van der Waals surface area contributed by atoms with Gasteiger partial charge in [-0.05, 0) is 56.4 Å². The van der Waals surface area contributed by atoms with Crippen molar-refractivity contribution in [3.8, 4) is 0 Å². The first-order valence-corrected chi connectivity index (χ1v) is 8.82.